The van der Waals surface area contributed by atoms with Gasteiger partial charge in [-0.2, -0.15) is 4.98 Å². The Labute approximate surface area is 273 Å². The lowest BCUT2D eigenvalue weighted by Gasteiger charge is -2.37. The van der Waals surface area contributed by atoms with E-state index < -0.39 is 62.2 Å². The van der Waals surface area contributed by atoms with Crippen LogP contribution in [0.2, 0.25) is 0 Å². The molecular formula is C32H38F2N6O6S. The summed E-state index contributed by atoms with van der Waals surface area (Å²) in [5.41, 5.74) is 0.145. The van der Waals surface area contributed by atoms with Crippen molar-refractivity contribution in [3.63, 3.8) is 0 Å². The van der Waals surface area contributed by atoms with Gasteiger partial charge in [0.1, 0.15) is 33.6 Å². The highest BCUT2D eigenvalue weighted by atomic mass is 32.2. The van der Waals surface area contributed by atoms with Gasteiger partial charge in [0.2, 0.25) is 11.6 Å². The van der Waals surface area contributed by atoms with Gasteiger partial charge >= 0.3 is 6.09 Å². The zero-order valence-corrected chi connectivity index (χ0v) is 27.9. The van der Waals surface area contributed by atoms with E-state index in [9.17, 15) is 19.5 Å². The van der Waals surface area contributed by atoms with Crippen LogP contribution >= 0.6 is 10.5 Å². The Kier molecular flexibility index (Phi) is 9.31. The van der Waals surface area contributed by atoms with Gasteiger partial charge in [0.15, 0.2) is 0 Å². The fourth-order valence-electron chi connectivity index (χ4n) is 5.73. The molecule has 3 amide bonds. The summed E-state index contributed by atoms with van der Waals surface area (Å²) in [6, 6.07) is 3.05. The maximum absolute atomic E-state index is 15.2. The lowest BCUT2D eigenvalue weighted by atomic mass is 10.0. The van der Waals surface area contributed by atoms with E-state index in [1.165, 1.54) is 12.3 Å². The van der Waals surface area contributed by atoms with Gasteiger partial charge in [-0.3, -0.25) is 4.79 Å². The van der Waals surface area contributed by atoms with E-state index in [2.05, 4.69) is 25.9 Å². The maximum Gasteiger partial charge on any atom is 0.415 e. The number of hydrogen-bond acceptors (Lipinski definition) is 9. The minimum atomic E-state index is -1.37. The Balaban J connectivity index is 1.62. The molecule has 15 heteroatoms. The predicted molar refractivity (Wildman–Crippen MR) is 172 cm³/mol. The molecule has 3 N–H and O–H groups in total. The van der Waals surface area contributed by atoms with Gasteiger partial charge in [-0.1, -0.05) is 6.07 Å². The minimum absolute atomic E-state index is 0.0303. The number of nitrogens with zero attached hydrogens (tertiary/aromatic N) is 3. The summed E-state index contributed by atoms with van der Waals surface area (Å²) >= 11 is 0. The number of halogens is 2. The number of benzene rings is 1. The van der Waals surface area contributed by atoms with Crippen molar-refractivity contribution in [1.82, 2.24) is 15.3 Å². The number of thiazole rings is 1. The van der Waals surface area contributed by atoms with Crippen LogP contribution in [-0.4, -0.2) is 59.4 Å². The third kappa shape index (κ3) is 7.39. The number of hydrogen-bond donors (Lipinski definition) is 3. The fraction of sp³-hybridized carbons (Fsp3) is 0.469. The number of carbonyl (C=O) groups excluding carboxylic acids is 3. The van der Waals surface area contributed by atoms with Crippen molar-refractivity contribution >= 4 is 44.9 Å². The molecule has 0 bridgehead atoms. The Morgan fingerprint density at radius 1 is 1.11 bits per heavy atom. The van der Waals surface area contributed by atoms with Crippen molar-refractivity contribution in [2.75, 3.05) is 35.2 Å². The molecule has 2 aliphatic heterocycles. The number of rotatable bonds is 6. The number of fused-ring (bicyclic) bond motifs is 1. The summed E-state index contributed by atoms with van der Waals surface area (Å²) in [5.74, 6) is -2.07. The number of aromatic nitrogens is 2. The van der Waals surface area contributed by atoms with Gasteiger partial charge in [0.05, 0.1) is 24.2 Å². The number of nitrogens with one attached hydrogen (secondary N) is 3. The molecule has 2 aromatic heterocycles. The second-order valence-corrected chi connectivity index (χ2v) is 15.9. The second kappa shape index (κ2) is 12.9. The smallest absolute Gasteiger partial charge is 0.415 e. The first-order chi connectivity index (χ1) is 22.0. The van der Waals surface area contributed by atoms with Crippen LogP contribution in [0.5, 0.6) is 5.88 Å². The molecule has 252 valence electrons. The van der Waals surface area contributed by atoms with Crippen LogP contribution in [0, 0.1) is 11.6 Å². The van der Waals surface area contributed by atoms with Crippen LogP contribution < -0.4 is 30.7 Å². The van der Waals surface area contributed by atoms with Crippen molar-refractivity contribution in [2.24, 2.45) is 0 Å². The van der Waals surface area contributed by atoms with E-state index in [4.69, 9.17) is 9.47 Å². The van der Waals surface area contributed by atoms with E-state index in [-0.39, 0.29) is 15.7 Å². The monoisotopic (exact) mass is 672 g/mol. The Morgan fingerprint density at radius 2 is 1.81 bits per heavy atom. The van der Waals surface area contributed by atoms with E-state index >= 15 is 8.78 Å². The first kappa shape index (κ1) is 33.8. The summed E-state index contributed by atoms with van der Waals surface area (Å²) in [4.78, 5) is 49.5. The van der Waals surface area contributed by atoms with Crippen molar-refractivity contribution in [3.05, 3.63) is 47.3 Å². The van der Waals surface area contributed by atoms with E-state index in [1.54, 1.807) is 20.8 Å². The van der Waals surface area contributed by atoms with E-state index in [0.717, 1.165) is 17.7 Å². The largest absolute Gasteiger partial charge is 0.530 e. The molecular weight excluding hydrogens is 634 g/mol. The number of piperidine rings is 1. The van der Waals surface area contributed by atoms with Crippen LogP contribution in [0.25, 0.3) is 10.6 Å². The van der Waals surface area contributed by atoms with Gasteiger partial charge in [-0.05, 0) is 66.5 Å². The highest BCUT2D eigenvalue weighted by Crippen LogP contribution is 2.53. The number of carboxylic acid groups (broad SMARTS) is 1. The number of ether oxygens (including phenoxy) is 2. The van der Waals surface area contributed by atoms with Crippen LogP contribution in [0.4, 0.5) is 34.7 Å². The molecule has 1 aromatic carbocycles. The predicted octanol–water partition coefficient (Wildman–Crippen LogP) is 5.36. The average molecular weight is 673 g/mol. The molecule has 4 heterocycles. The molecule has 3 aromatic rings. The first-order valence-electron chi connectivity index (χ1n) is 15.2. The summed E-state index contributed by atoms with van der Waals surface area (Å²) < 4.78 is 40.9. The Bertz CT molecular complexity index is 1700. The minimum Gasteiger partial charge on any atom is -0.530 e. The van der Waals surface area contributed by atoms with Gasteiger partial charge in [-0.15, -0.1) is 0 Å². The van der Waals surface area contributed by atoms with E-state index in [1.807, 2.05) is 25.7 Å². The van der Waals surface area contributed by atoms with Gasteiger partial charge in [0.25, 0.3) is 15.9 Å². The highest BCUT2D eigenvalue weighted by Gasteiger charge is 2.44. The first-order valence-corrected chi connectivity index (χ1v) is 16.5. The molecule has 1 fully saturated rings. The number of carbonyl (C=O) groups is 3. The van der Waals surface area contributed by atoms with Crippen molar-refractivity contribution in [1.29, 1.82) is 0 Å². The third-order valence-electron chi connectivity index (χ3n) is 7.45. The summed E-state index contributed by atoms with van der Waals surface area (Å²) in [6.07, 6.45) is 0.993. The quantitative estimate of drug-likeness (QED) is 0.293. The normalized spacial score (nSPS) is 16.6. The summed E-state index contributed by atoms with van der Waals surface area (Å²) in [7, 11) is -1.31. The van der Waals surface area contributed by atoms with Gasteiger partial charge in [-0.25, -0.2) is 23.9 Å². The van der Waals surface area contributed by atoms with Crippen LogP contribution in [0.3, 0.4) is 0 Å². The number of pyridine rings is 1. The summed E-state index contributed by atoms with van der Waals surface area (Å²) in [5, 5.41) is 19.3. The maximum atomic E-state index is 15.2. The fourth-order valence-corrected chi connectivity index (χ4v) is 8.22. The Morgan fingerprint density at radius 3 is 2.45 bits per heavy atom. The van der Waals surface area contributed by atoms with Crippen molar-refractivity contribution in [2.45, 2.75) is 77.2 Å². The number of anilines is 3. The zero-order chi connectivity index (χ0) is 34.3. The standard InChI is InChI=1S/C32H38F2N6O6S/c1-31(2,3)46-30(44)39-28-23(38-27(47(28)32(4,5)6)22-19(33)10-7-11-20(22)34)25(41)37-21-15-35-26-18(12-14-45-26)24(21)40-13-8-9-17(16-40)36-29(42)43/h7,10-11,15,17,36H,8-9,12-14,16H2,1-6H3,(H2-,37,39,41,42,43,44)/t17-,47?/m0/s1. The SMILES string of the molecule is CC(C)(C)OC(=O)Nc1c(C(=O)Nc2cnc3c(c2N2CCC[C@H](NC(=O)[O-])C2)CCO3)nc(-c2c(F)cccc2F)[s+]1C(C)(C)C. The molecule has 47 heavy (non-hydrogen) atoms. The molecule has 0 saturated carbocycles. The molecule has 12 nitrogen and oxygen atoms in total. The average Bonchev–Trinajstić information content (AvgIpc) is 3.56. The Hall–Kier alpha value is -4.53. The van der Waals surface area contributed by atoms with Gasteiger partial charge in [0, 0.05) is 41.6 Å². The molecule has 1 unspecified atom stereocenters. The molecule has 5 rings (SSSR count). The van der Waals surface area contributed by atoms with Crippen LogP contribution in [0.1, 0.15) is 70.4 Å². The second-order valence-electron chi connectivity index (χ2n) is 13.3. The molecule has 0 aliphatic carbocycles. The van der Waals surface area contributed by atoms with Crippen molar-refractivity contribution < 1.29 is 37.7 Å². The molecule has 0 spiro atoms. The highest BCUT2D eigenvalue weighted by molar-refractivity contribution is 7.39. The molecule has 1 saturated heterocycles. The topological polar surface area (TPSA) is 158 Å². The van der Waals surface area contributed by atoms with Crippen molar-refractivity contribution in [3.8, 4) is 16.5 Å². The van der Waals surface area contributed by atoms with E-state index in [0.29, 0.717) is 56.2 Å². The lowest BCUT2D eigenvalue weighted by Crippen LogP contribution is -2.51. The molecule has 2 atom stereocenters. The summed E-state index contributed by atoms with van der Waals surface area (Å²) in [6.45, 7) is 11.8. The van der Waals surface area contributed by atoms with Gasteiger partial charge < -0.3 is 34.9 Å². The van der Waals surface area contributed by atoms with Crippen LogP contribution in [-0.2, 0) is 15.9 Å². The lowest BCUT2D eigenvalue weighted by molar-refractivity contribution is -0.251. The zero-order valence-electron chi connectivity index (χ0n) is 27.1. The molecule has 0 radical (unpaired) electrons. The third-order valence-corrected chi connectivity index (χ3v) is 10.1. The molecule has 2 aliphatic rings. The number of amides is 3. The van der Waals surface area contributed by atoms with Crippen LogP contribution in [0.15, 0.2) is 24.4 Å².